The predicted molar refractivity (Wildman–Crippen MR) is 102 cm³/mol. The molecule has 5 nitrogen and oxygen atoms in total. The van der Waals surface area contributed by atoms with Crippen LogP contribution in [0.3, 0.4) is 0 Å². The summed E-state index contributed by atoms with van der Waals surface area (Å²) < 4.78 is 16.3. The monoisotopic (exact) mass is 367 g/mol. The molecule has 0 N–H and O–H groups in total. The summed E-state index contributed by atoms with van der Waals surface area (Å²) in [6.07, 6.45) is 4.87. The maximum absolute atomic E-state index is 11.9. The van der Waals surface area contributed by atoms with Gasteiger partial charge < -0.3 is 14.2 Å². The van der Waals surface area contributed by atoms with Crippen LogP contribution in [0, 0.1) is 0 Å². The summed E-state index contributed by atoms with van der Waals surface area (Å²) in [6.45, 7) is 0. The lowest BCUT2D eigenvalue weighted by atomic mass is 10.2. The quantitative estimate of drug-likeness (QED) is 0.441. The van der Waals surface area contributed by atoms with E-state index in [9.17, 15) is 4.79 Å². The lowest BCUT2D eigenvalue weighted by molar-refractivity contribution is 0.105. The third-order valence-corrected chi connectivity index (χ3v) is 4.33. The van der Waals surface area contributed by atoms with Gasteiger partial charge in [-0.05, 0) is 23.8 Å². The fraction of sp³-hybridized carbons (Fsp3) is 0.100. The van der Waals surface area contributed by atoms with Crippen molar-refractivity contribution in [2.24, 2.45) is 0 Å². The summed E-state index contributed by atoms with van der Waals surface area (Å²) in [5, 5.41) is 0. The third kappa shape index (κ3) is 4.49. The third-order valence-electron chi connectivity index (χ3n) is 3.54. The van der Waals surface area contributed by atoms with Crippen molar-refractivity contribution in [2.75, 3.05) is 14.2 Å². The van der Waals surface area contributed by atoms with E-state index in [1.165, 1.54) is 17.4 Å². The molecule has 0 aliphatic heterocycles. The highest BCUT2D eigenvalue weighted by atomic mass is 32.1. The van der Waals surface area contributed by atoms with Gasteiger partial charge in [0.2, 0.25) is 0 Å². The van der Waals surface area contributed by atoms with E-state index in [1.807, 2.05) is 24.3 Å². The van der Waals surface area contributed by atoms with Crippen LogP contribution in [-0.2, 0) is 0 Å². The highest BCUT2D eigenvalue weighted by molar-refractivity contribution is 7.11. The van der Waals surface area contributed by atoms with E-state index in [4.69, 9.17) is 14.2 Å². The molecule has 6 heteroatoms. The SMILES string of the molecule is COc1cc(OC)cc(Oc2ccc(/C=C/C(=O)c3cncs3)cc2)c1. The second-order valence-electron chi connectivity index (χ2n) is 5.28. The van der Waals surface area contributed by atoms with E-state index < -0.39 is 0 Å². The Labute approximate surface area is 155 Å². The standard InChI is InChI=1S/C20H17NO4S/c1-23-16-9-17(24-2)11-18(10-16)25-15-6-3-14(4-7-15)5-8-19(22)20-12-21-13-26-20/h3-13H,1-2H3/b8-5+. The first-order chi connectivity index (χ1) is 12.7. The molecule has 2 aromatic carbocycles. The van der Waals surface area contributed by atoms with Crippen molar-refractivity contribution in [3.05, 3.63) is 70.7 Å². The van der Waals surface area contributed by atoms with Crippen molar-refractivity contribution in [3.8, 4) is 23.0 Å². The van der Waals surface area contributed by atoms with Crippen LogP contribution in [-0.4, -0.2) is 25.0 Å². The molecule has 0 atom stereocenters. The van der Waals surface area contributed by atoms with Crippen LogP contribution in [0.25, 0.3) is 6.08 Å². The summed E-state index contributed by atoms with van der Waals surface area (Å²) in [5.41, 5.74) is 2.54. The highest BCUT2D eigenvalue weighted by Gasteiger charge is 2.05. The molecule has 0 radical (unpaired) electrons. The average molecular weight is 367 g/mol. The van der Waals surface area contributed by atoms with E-state index in [0.29, 0.717) is 27.9 Å². The molecule has 0 amide bonds. The molecular formula is C20H17NO4S. The number of carbonyl (C=O) groups excluding carboxylic acids is 1. The second-order valence-corrected chi connectivity index (χ2v) is 6.17. The zero-order valence-electron chi connectivity index (χ0n) is 14.3. The molecule has 132 valence electrons. The molecule has 0 saturated heterocycles. The number of ketones is 1. The number of rotatable bonds is 7. The van der Waals surface area contributed by atoms with Crippen LogP contribution >= 0.6 is 11.3 Å². The number of allylic oxidation sites excluding steroid dienone is 1. The number of aromatic nitrogens is 1. The maximum Gasteiger partial charge on any atom is 0.197 e. The van der Waals surface area contributed by atoms with E-state index in [1.54, 1.807) is 50.2 Å². The van der Waals surface area contributed by atoms with Crippen LogP contribution in [0.2, 0.25) is 0 Å². The molecule has 3 rings (SSSR count). The Bertz CT molecular complexity index is 880. The number of thiazole rings is 1. The van der Waals surface area contributed by atoms with Crippen molar-refractivity contribution in [1.82, 2.24) is 4.98 Å². The molecule has 0 bridgehead atoms. The predicted octanol–water partition coefficient (Wildman–Crippen LogP) is 4.85. The molecule has 1 aromatic heterocycles. The van der Waals surface area contributed by atoms with Gasteiger partial charge in [0.15, 0.2) is 5.78 Å². The molecule has 0 saturated carbocycles. The van der Waals surface area contributed by atoms with Gasteiger partial charge >= 0.3 is 0 Å². The molecule has 3 aromatic rings. The first-order valence-corrected chi connectivity index (χ1v) is 8.68. The molecule has 0 spiro atoms. The molecule has 1 heterocycles. The van der Waals surface area contributed by atoms with E-state index in [0.717, 1.165) is 5.56 Å². The number of benzene rings is 2. The van der Waals surface area contributed by atoms with Gasteiger partial charge in [0, 0.05) is 24.4 Å². The lowest BCUT2D eigenvalue weighted by Crippen LogP contribution is -1.90. The number of nitrogens with zero attached hydrogens (tertiary/aromatic N) is 1. The zero-order valence-corrected chi connectivity index (χ0v) is 15.2. The van der Waals surface area contributed by atoms with Crippen LogP contribution in [0.15, 0.2) is 60.2 Å². The largest absolute Gasteiger partial charge is 0.496 e. The normalized spacial score (nSPS) is 10.7. The first kappa shape index (κ1) is 17.7. The lowest BCUT2D eigenvalue weighted by Gasteiger charge is -2.10. The van der Waals surface area contributed by atoms with Crippen LogP contribution in [0.1, 0.15) is 15.2 Å². The topological polar surface area (TPSA) is 57.7 Å². The summed E-state index contributed by atoms with van der Waals surface area (Å²) in [6, 6.07) is 12.8. The van der Waals surface area contributed by atoms with Crippen molar-refractivity contribution >= 4 is 23.2 Å². The summed E-state index contributed by atoms with van der Waals surface area (Å²) in [5.74, 6) is 2.54. The van der Waals surface area contributed by atoms with Crippen molar-refractivity contribution in [1.29, 1.82) is 0 Å². The van der Waals surface area contributed by atoms with Crippen molar-refractivity contribution < 1.29 is 19.0 Å². The van der Waals surface area contributed by atoms with Crippen molar-refractivity contribution in [2.45, 2.75) is 0 Å². The Morgan fingerprint density at radius 2 is 1.62 bits per heavy atom. The summed E-state index contributed by atoms with van der Waals surface area (Å²) in [4.78, 5) is 16.5. The zero-order chi connectivity index (χ0) is 18.4. The van der Waals surface area contributed by atoms with E-state index in [-0.39, 0.29) is 5.78 Å². The minimum absolute atomic E-state index is 0.0590. The number of hydrogen-bond acceptors (Lipinski definition) is 6. The minimum Gasteiger partial charge on any atom is -0.496 e. The number of methoxy groups -OCH3 is 2. The van der Waals surface area contributed by atoms with Crippen molar-refractivity contribution in [3.63, 3.8) is 0 Å². The number of carbonyl (C=O) groups is 1. The smallest absolute Gasteiger partial charge is 0.197 e. The van der Waals surface area contributed by atoms with Gasteiger partial charge in [-0.2, -0.15) is 0 Å². The summed E-state index contributed by atoms with van der Waals surface area (Å²) in [7, 11) is 3.18. The molecule has 0 fully saturated rings. The maximum atomic E-state index is 11.9. The van der Waals surface area contributed by atoms with Crippen LogP contribution in [0.4, 0.5) is 0 Å². The van der Waals surface area contributed by atoms with Gasteiger partial charge in [-0.3, -0.25) is 9.78 Å². The van der Waals surface area contributed by atoms with Gasteiger partial charge in [0.1, 0.15) is 23.0 Å². The fourth-order valence-electron chi connectivity index (χ4n) is 2.21. The second kappa shape index (κ2) is 8.31. The van der Waals surface area contributed by atoms with E-state index in [2.05, 4.69) is 4.98 Å². The van der Waals surface area contributed by atoms with Gasteiger partial charge in [-0.15, -0.1) is 11.3 Å². The fourth-order valence-corrected chi connectivity index (χ4v) is 2.76. The van der Waals surface area contributed by atoms with Gasteiger partial charge in [0.05, 0.1) is 24.6 Å². The highest BCUT2D eigenvalue weighted by Crippen LogP contribution is 2.30. The Morgan fingerprint density at radius 3 is 2.19 bits per heavy atom. The minimum atomic E-state index is -0.0590. The number of ether oxygens (including phenoxy) is 3. The summed E-state index contributed by atoms with van der Waals surface area (Å²) >= 11 is 1.32. The Hall–Kier alpha value is -3.12. The molecule has 0 unspecified atom stereocenters. The van der Waals surface area contributed by atoms with E-state index >= 15 is 0 Å². The first-order valence-electron chi connectivity index (χ1n) is 7.80. The Morgan fingerprint density at radius 1 is 0.962 bits per heavy atom. The number of hydrogen-bond donors (Lipinski definition) is 0. The Balaban J connectivity index is 1.69. The van der Waals surface area contributed by atoms with Gasteiger partial charge in [-0.1, -0.05) is 18.2 Å². The Kier molecular flexibility index (Phi) is 5.66. The van der Waals surface area contributed by atoms with Gasteiger partial charge in [0.25, 0.3) is 0 Å². The molecule has 0 aliphatic rings. The molecule has 26 heavy (non-hydrogen) atoms. The molecular weight excluding hydrogens is 350 g/mol. The van der Waals surface area contributed by atoms with Crippen LogP contribution < -0.4 is 14.2 Å². The van der Waals surface area contributed by atoms with Crippen LogP contribution in [0.5, 0.6) is 23.0 Å². The molecule has 0 aliphatic carbocycles. The van der Waals surface area contributed by atoms with Gasteiger partial charge in [-0.25, -0.2) is 0 Å². The average Bonchev–Trinajstić information content (AvgIpc) is 3.21.